The number of nitrogens with zero attached hydrogens (tertiary/aromatic N) is 1. The average Bonchev–Trinajstić information content (AvgIpc) is 2.22. The summed E-state index contributed by atoms with van der Waals surface area (Å²) in [6, 6.07) is -0.0509. The van der Waals surface area contributed by atoms with Crippen molar-refractivity contribution in [2.75, 3.05) is 6.54 Å². The van der Waals surface area contributed by atoms with E-state index in [0.29, 0.717) is 13.0 Å². The van der Waals surface area contributed by atoms with Gasteiger partial charge < -0.3 is 15.3 Å². The van der Waals surface area contributed by atoms with E-state index in [1.165, 1.54) is 0 Å². The van der Waals surface area contributed by atoms with Crippen LogP contribution in [0.25, 0.3) is 0 Å². The molecule has 0 aliphatic heterocycles. The lowest BCUT2D eigenvalue weighted by molar-refractivity contribution is -0.137. The number of carbonyl (C=O) groups is 2. The fourth-order valence-corrected chi connectivity index (χ4v) is 2.04. The number of aliphatic carboxylic acids is 1. The van der Waals surface area contributed by atoms with Gasteiger partial charge in [0.25, 0.3) is 0 Å². The van der Waals surface area contributed by atoms with Crippen molar-refractivity contribution >= 4 is 12.0 Å². The Balaban J connectivity index is 4.45. The zero-order valence-electron chi connectivity index (χ0n) is 12.8. The summed E-state index contributed by atoms with van der Waals surface area (Å²) in [7, 11) is 0. The van der Waals surface area contributed by atoms with E-state index >= 15 is 0 Å². The van der Waals surface area contributed by atoms with Crippen LogP contribution >= 0.6 is 0 Å². The number of nitrogens with one attached hydrogen (secondary N) is 1. The summed E-state index contributed by atoms with van der Waals surface area (Å²) in [6.45, 7) is 10.4. The van der Waals surface area contributed by atoms with Crippen molar-refractivity contribution in [2.24, 2.45) is 0 Å². The SMILES string of the molecule is CCCC(C)(C)NC(=O)N(CCCC(=O)O)C(C)C. The fourth-order valence-electron chi connectivity index (χ4n) is 2.04. The van der Waals surface area contributed by atoms with Crippen LogP contribution in [0.3, 0.4) is 0 Å². The van der Waals surface area contributed by atoms with Crippen LogP contribution in [0.1, 0.15) is 60.3 Å². The normalized spacial score (nSPS) is 11.5. The molecule has 0 bridgehead atoms. The number of amides is 2. The first kappa shape index (κ1) is 17.7. The lowest BCUT2D eigenvalue weighted by Gasteiger charge is -2.33. The lowest BCUT2D eigenvalue weighted by Crippen LogP contribution is -2.52. The van der Waals surface area contributed by atoms with Crippen molar-refractivity contribution in [3.8, 4) is 0 Å². The number of hydrogen-bond acceptors (Lipinski definition) is 2. The van der Waals surface area contributed by atoms with Crippen molar-refractivity contribution in [1.82, 2.24) is 10.2 Å². The van der Waals surface area contributed by atoms with Crippen LogP contribution < -0.4 is 5.32 Å². The maximum absolute atomic E-state index is 12.2. The van der Waals surface area contributed by atoms with Crippen molar-refractivity contribution in [2.45, 2.75) is 71.9 Å². The molecule has 0 heterocycles. The van der Waals surface area contributed by atoms with Crippen LogP contribution in [0, 0.1) is 0 Å². The third kappa shape index (κ3) is 7.70. The Kier molecular flexibility index (Phi) is 7.49. The van der Waals surface area contributed by atoms with Gasteiger partial charge in [0.2, 0.25) is 0 Å². The van der Waals surface area contributed by atoms with Gasteiger partial charge in [0, 0.05) is 24.5 Å². The van der Waals surface area contributed by atoms with Crippen molar-refractivity contribution in [1.29, 1.82) is 0 Å². The summed E-state index contributed by atoms with van der Waals surface area (Å²) >= 11 is 0. The van der Waals surface area contributed by atoms with E-state index in [0.717, 1.165) is 12.8 Å². The highest BCUT2D eigenvalue weighted by Crippen LogP contribution is 2.12. The van der Waals surface area contributed by atoms with Gasteiger partial charge in [-0.15, -0.1) is 0 Å². The number of carbonyl (C=O) groups excluding carboxylic acids is 1. The van der Waals surface area contributed by atoms with Gasteiger partial charge in [0.1, 0.15) is 0 Å². The second-order valence-electron chi connectivity index (χ2n) is 5.85. The van der Waals surface area contributed by atoms with Gasteiger partial charge in [0.15, 0.2) is 0 Å². The molecule has 2 amide bonds. The first-order chi connectivity index (χ1) is 8.69. The minimum atomic E-state index is -0.824. The molecule has 0 atom stereocenters. The number of carboxylic acid groups (broad SMARTS) is 1. The predicted molar refractivity (Wildman–Crippen MR) is 76.2 cm³/mol. The molecule has 0 fully saturated rings. The molecule has 0 aromatic heterocycles. The molecule has 0 unspecified atom stereocenters. The molecule has 112 valence electrons. The first-order valence-corrected chi connectivity index (χ1v) is 7.00. The third-order valence-corrected chi connectivity index (χ3v) is 2.99. The maximum atomic E-state index is 12.2. The van der Waals surface area contributed by atoms with Gasteiger partial charge in [-0.2, -0.15) is 0 Å². The van der Waals surface area contributed by atoms with Crippen LogP contribution in [0.4, 0.5) is 4.79 Å². The Morgan fingerprint density at radius 2 is 1.89 bits per heavy atom. The Hall–Kier alpha value is -1.26. The van der Waals surface area contributed by atoms with Gasteiger partial charge in [-0.05, 0) is 40.5 Å². The van der Waals surface area contributed by atoms with Gasteiger partial charge >= 0.3 is 12.0 Å². The average molecular weight is 272 g/mol. The van der Waals surface area contributed by atoms with Gasteiger partial charge in [-0.3, -0.25) is 4.79 Å². The third-order valence-electron chi connectivity index (χ3n) is 2.99. The summed E-state index contributed by atoms with van der Waals surface area (Å²) in [5.74, 6) is -0.824. The van der Waals surface area contributed by atoms with Crippen LogP contribution in [0.2, 0.25) is 0 Å². The van der Waals surface area contributed by atoms with E-state index in [1.807, 2.05) is 27.7 Å². The number of carboxylic acids is 1. The van der Waals surface area contributed by atoms with Gasteiger partial charge in [-0.1, -0.05) is 13.3 Å². The summed E-state index contributed by atoms with van der Waals surface area (Å²) in [4.78, 5) is 24.4. The largest absolute Gasteiger partial charge is 0.481 e. The highest BCUT2D eigenvalue weighted by molar-refractivity contribution is 5.75. The molecule has 5 nitrogen and oxygen atoms in total. The van der Waals surface area contributed by atoms with E-state index in [4.69, 9.17) is 5.11 Å². The molecular weight excluding hydrogens is 244 g/mol. The van der Waals surface area contributed by atoms with Gasteiger partial charge in [0.05, 0.1) is 0 Å². The Bertz CT molecular complexity index is 301. The maximum Gasteiger partial charge on any atom is 0.318 e. The predicted octanol–water partition coefficient (Wildman–Crippen LogP) is 2.85. The monoisotopic (exact) mass is 272 g/mol. The number of rotatable bonds is 8. The summed E-state index contributed by atoms with van der Waals surface area (Å²) < 4.78 is 0. The summed E-state index contributed by atoms with van der Waals surface area (Å²) in [5, 5.41) is 11.7. The fraction of sp³-hybridized carbons (Fsp3) is 0.857. The van der Waals surface area contributed by atoms with Crippen molar-refractivity contribution in [3.05, 3.63) is 0 Å². The van der Waals surface area contributed by atoms with Crippen LogP contribution in [0.15, 0.2) is 0 Å². The number of hydrogen-bond donors (Lipinski definition) is 2. The molecule has 0 aromatic carbocycles. The molecule has 0 spiro atoms. The molecule has 0 saturated carbocycles. The first-order valence-electron chi connectivity index (χ1n) is 7.00. The van der Waals surface area contributed by atoms with E-state index < -0.39 is 5.97 Å². The zero-order chi connectivity index (χ0) is 15.1. The van der Waals surface area contributed by atoms with E-state index in [2.05, 4.69) is 12.2 Å². The highest BCUT2D eigenvalue weighted by atomic mass is 16.4. The topological polar surface area (TPSA) is 69.6 Å². The van der Waals surface area contributed by atoms with Crippen LogP contribution in [-0.4, -0.2) is 40.1 Å². The molecule has 5 heteroatoms. The van der Waals surface area contributed by atoms with E-state index in [-0.39, 0.29) is 24.0 Å². The lowest BCUT2D eigenvalue weighted by atomic mass is 9.99. The Labute approximate surface area is 116 Å². The molecule has 0 saturated heterocycles. The minimum absolute atomic E-state index is 0.0613. The summed E-state index contributed by atoms with van der Waals surface area (Å²) in [6.07, 6.45) is 2.50. The van der Waals surface area contributed by atoms with Gasteiger partial charge in [-0.25, -0.2) is 4.79 Å². The van der Waals surface area contributed by atoms with Crippen molar-refractivity contribution in [3.63, 3.8) is 0 Å². The van der Waals surface area contributed by atoms with E-state index in [9.17, 15) is 9.59 Å². The standard InChI is InChI=1S/C14H28N2O3/c1-6-9-14(4,5)15-13(19)16(11(2)3)10-7-8-12(17)18/h11H,6-10H2,1-5H3,(H,15,19)(H,17,18). The molecule has 0 aliphatic carbocycles. The Morgan fingerprint density at radius 1 is 1.32 bits per heavy atom. The second kappa shape index (κ2) is 8.02. The molecule has 0 aromatic rings. The second-order valence-corrected chi connectivity index (χ2v) is 5.85. The quantitative estimate of drug-likeness (QED) is 0.714. The molecule has 0 aliphatic rings. The van der Waals surface area contributed by atoms with Crippen molar-refractivity contribution < 1.29 is 14.7 Å². The molecule has 0 radical (unpaired) electrons. The molecule has 0 rings (SSSR count). The smallest absolute Gasteiger partial charge is 0.318 e. The molecule has 2 N–H and O–H groups in total. The van der Waals surface area contributed by atoms with E-state index in [1.54, 1.807) is 4.90 Å². The number of urea groups is 1. The molecular formula is C14H28N2O3. The summed E-state index contributed by atoms with van der Waals surface area (Å²) in [5.41, 5.74) is -0.230. The van der Waals surface area contributed by atoms with Crippen LogP contribution in [0.5, 0.6) is 0 Å². The van der Waals surface area contributed by atoms with Crippen LogP contribution in [-0.2, 0) is 4.79 Å². The molecule has 19 heavy (non-hydrogen) atoms. The zero-order valence-corrected chi connectivity index (χ0v) is 12.8. The Morgan fingerprint density at radius 3 is 2.32 bits per heavy atom. The highest BCUT2D eigenvalue weighted by Gasteiger charge is 2.24. The minimum Gasteiger partial charge on any atom is -0.481 e.